The number of aryl methyl sites for hydroxylation is 1. The second kappa shape index (κ2) is 8.38. The molecule has 3 aromatic rings. The molecule has 33 heavy (non-hydrogen) atoms. The average molecular weight is 486 g/mol. The van der Waals surface area contributed by atoms with Crippen LogP contribution in [-0.2, 0) is 26.8 Å². The summed E-state index contributed by atoms with van der Waals surface area (Å²) in [5, 5.41) is 0. The zero-order valence-electron chi connectivity index (χ0n) is 18.6. The van der Waals surface area contributed by atoms with E-state index in [1.165, 1.54) is 4.31 Å². The van der Waals surface area contributed by atoms with Crippen LogP contribution in [0.15, 0.2) is 58.2 Å². The Morgan fingerprint density at radius 3 is 2.36 bits per heavy atom. The Morgan fingerprint density at radius 2 is 1.73 bits per heavy atom. The fourth-order valence-corrected chi connectivity index (χ4v) is 7.21. The van der Waals surface area contributed by atoms with Crippen molar-refractivity contribution in [3.05, 3.63) is 63.8 Å². The molecule has 2 aromatic carbocycles. The number of carbonyl (C=O) groups is 1. The molecule has 1 amide bonds. The van der Waals surface area contributed by atoms with Crippen molar-refractivity contribution in [3.63, 3.8) is 0 Å². The number of benzene rings is 2. The molecule has 7 nitrogen and oxygen atoms in total. The SMILES string of the molecule is CCCn1c(=O)sc2cc(S(=O)(=O)N3CCN(C(=O)C4(c5ccccc5)CC4)CC3)ccc21. The summed E-state index contributed by atoms with van der Waals surface area (Å²) in [5.74, 6) is 0.106. The number of fused-ring (bicyclic) bond motifs is 1. The number of sulfonamides is 1. The van der Waals surface area contributed by atoms with E-state index in [4.69, 9.17) is 0 Å². The topological polar surface area (TPSA) is 79.7 Å². The van der Waals surface area contributed by atoms with Crippen LogP contribution in [0.2, 0.25) is 0 Å². The van der Waals surface area contributed by atoms with Crippen LogP contribution in [0, 0.1) is 0 Å². The van der Waals surface area contributed by atoms with Crippen LogP contribution in [0.5, 0.6) is 0 Å². The Hall–Kier alpha value is -2.49. The lowest BCUT2D eigenvalue weighted by Gasteiger charge is -2.36. The van der Waals surface area contributed by atoms with Crippen molar-refractivity contribution in [2.75, 3.05) is 26.2 Å². The van der Waals surface area contributed by atoms with Crippen LogP contribution in [0.1, 0.15) is 31.7 Å². The van der Waals surface area contributed by atoms with E-state index in [1.54, 1.807) is 22.8 Å². The molecule has 9 heteroatoms. The maximum atomic E-state index is 13.3. The predicted octanol–water partition coefficient (Wildman–Crippen LogP) is 3.04. The van der Waals surface area contributed by atoms with Gasteiger partial charge in [-0.15, -0.1) is 0 Å². The molecule has 1 aromatic heterocycles. The second-order valence-electron chi connectivity index (χ2n) is 8.79. The standard InChI is InChI=1S/C24H27N3O4S2/c1-2-12-27-20-9-8-19(17-21(20)32-23(27)29)33(30,31)26-15-13-25(14-16-26)22(28)24(10-11-24)18-6-4-3-5-7-18/h3-9,17H,2,10-16H2,1H3. The molecule has 0 N–H and O–H groups in total. The van der Waals surface area contributed by atoms with E-state index in [0.717, 1.165) is 41.7 Å². The summed E-state index contributed by atoms with van der Waals surface area (Å²) >= 11 is 1.08. The third-order valence-corrected chi connectivity index (χ3v) is 9.57. The average Bonchev–Trinajstić information content (AvgIpc) is 3.59. The molecule has 1 saturated heterocycles. The molecule has 0 bridgehead atoms. The summed E-state index contributed by atoms with van der Waals surface area (Å²) in [6.07, 6.45) is 2.52. The van der Waals surface area contributed by atoms with Crippen molar-refractivity contribution in [2.24, 2.45) is 0 Å². The number of amides is 1. The van der Waals surface area contributed by atoms with E-state index in [1.807, 2.05) is 42.2 Å². The normalized spacial score (nSPS) is 18.5. The van der Waals surface area contributed by atoms with Gasteiger partial charge in [-0.05, 0) is 43.0 Å². The number of nitrogens with zero attached hydrogens (tertiary/aromatic N) is 3. The molecule has 2 heterocycles. The molecule has 0 unspecified atom stereocenters. The first-order valence-electron chi connectivity index (χ1n) is 11.4. The van der Waals surface area contributed by atoms with Gasteiger partial charge in [0.2, 0.25) is 15.9 Å². The highest BCUT2D eigenvalue weighted by Crippen LogP contribution is 2.49. The minimum Gasteiger partial charge on any atom is -0.339 e. The summed E-state index contributed by atoms with van der Waals surface area (Å²) in [6, 6.07) is 14.8. The number of carbonyl (C=O) groups excluding carboxylic acids is 1. The van der Waals surface area contributed by atoms with Gasteiger partial charge in [0.25, 0.3) is 0 Å². The third-order valence-electron chi connectivity index (χ3n) is 6.74. The fraction of sp³-hybridized carbons (Fsp3) is 0.417. The lowest BCUT2D eigenvalue weighted by atomic mass is 9.94. The van der Waals surface area contributed by atoms with Gasteiger partial charge in [0.1, 0.15) is 0 Å². The van der Waals surface area contributed by atoms with E-state index >= 15 is 0 Å². The molecular weight excluding hydrogens is 458 g/mol. The van der Waals surface area contributed by atoms with Gasteiger partial charge < -0.3 is 4.90 Å². The van der Waals surface area contributed by atoms with Gasteiger partial charge in [-0.25, -0.2) is 8.42 Å². The summed E-state index contributed by atoms with van der Waals surface area (Å²) < 4.78 is 30.4. The Morgan fingerprint density at radius 1 is 1.03 bits per heavy atom. The summed E-state index contributed by atoms with van der Waals surface area (Å²) in [4.78, 5) is 27.5. The van der Waals surface area contributed by atoms with E-state index < -0.39 is 15.4 Å². The maximum Gasteiger partial charge on any atom is 0.308 e. The van der Waals surface area contributed by atoms with Crippen molar-refractivity contribution in [1.29, 1.82) is 0 Å². The second-order valence-corrected chi connectivity index (χ2v) is 11.7. The Labute approximate surface area is 197 Å². The van der Waals surface area contributed by atoms with E-state index in [0.29, 0.717) is 24.3 Å². The van der Waals surface area contributed by atoms with E-state index in [-0.39, 0.29) is 28.8 Å². The number of rotatable bonds is 6. The highest BCUT2D eigenvalue weighted by Gasteiger charge is 2.53. The first-order chi connectivity index (χ1) is 15.9. The van der Waals surface area contributed by atoms with Crippen LogP contribution in [-0.4, -0.2) is 54.3 Å². The van der Waals surface area contributed by atoms with Crippen molar-refractivity contribution in [3.8, 4) is 0 Å². The van der Waals surface area contributed by atoms with Gasteiger partial charge in [-0.1, -0.05) is 48.6 Å². The molecule has 0 atom stereocenters. The van der Waals surface area contributed by atoms with Crippen molar-refractivity contribution >= 4 is 37.5 Å². The molecule has 5 rings (SSSR count). The molecule has 1 aliphatic carbocycles. The van der Waals surface area contributed by atoms with Crippen LogP contribution in [0.3, 0.4) is 0 Å². The van der Waals surface area contributed by atoms with Gasteiger partial charge >= 0.3 is 4.87 Å². The van der Waals surface area contributed by atoms with Gasteiger partial charge in [-0.3, -0.25) is 14.2 Å². The van der Waals surface area contributed by atoms with E-state index in [9.17, 15) is 18.0 Å². The molecule has 1 saturated carbocycles. The highest BCUT2D eigenvalue weighted by molar-refractivity contribution is 7.89. The first kappa shape index (κ1) is 22.3. The van der Waals surface area contributed by atoms with Gasteiger partial charge in [0.05, 0.1) is 20.5 Å². The zero-order valence-corrected chi connectivity index (χ0v) is 20.2. The molecule has 0 spiro atoms. The quantitative estimate of drug-likeness (QED) is 0.538. The zero-order chi connectivity index (χ0) is 23.2. The van der Waals surface area contributed by atoms with Crippen LogP contribution < -0.4 is 4.87 Å². The minimum atomic E-state index is -3.70. The van der Waals surface area contributed by atoms with Crippen LogP contribution in [0.4, 0.5) is 0 Å². The van der Waals surface area contributed by atoms with Gasteiger partial charge in [-0.2, -0.15) is 4.31 Å². The number of hydrogen-bond donors (Lipinski definition) is 0. The maximum absolute atomic E-state index is 13.3. The monoisotopic (exact) mass is 485 g/mol. The first-order valence-corrected chi connectivity index (χ1v) is 13.6. The van der Waals surface area contributed by atoms with Crippen molar-refractivity contribution in [1.82, 2.24) is 13.8 Å². The molecule has 174 valence electrons. The molecule has 1 aliphatic heterocycles. The van der Waals surface area contributed by atoms with Gasteiger partial charge in [0, 0.05) is 32.7 Å². The summed E-state index contributed by atoms with van der Waals surface area (Å²) in [7, 11) is -3.70. The number of aromatic nitrogens is 1. The van der Waals surface area contributed by atoms with Crippen LogP contribution >= 0.6 is 11.3 Å². The molecule has 2 fully saturated rings. The summed E-state index contributed by atoms with van der Waals surface area (Å²) in [6.45, 7) is 3.92. The van der Waals surface area contributed by atoms with Gasteiger partial charge in [0.15, 0.2) is 0 Å². The minimum absolute atomic E-state index is 0.0686. The van der Waals surface area contributed by atoms with Crippen LogP contribution in [0.25, 0.3) is 10.2 Å². The third kappa shape index (κ3) is 3.82. The Balaban J connectivity index is 1.31. The number of piperazine rings is 1. The number of hydrogen-bond acceptors (Lipinski definition) is 5. The van der Waals surface area contributed by atoms with Crippen molar-refractivity contribution in [2.45, 2.75) is 43.0 Å². The smallest absolute Gasteiger partial charge is 0.308 e. The Bertz CT molecular complexity index is 1350. The van der Waals surface area contributed by atoms with E-state index in [2.05, 4.69) is 0 Å². The Kier molecular flexibility index (Phi) is 5.66. The molecular formula is C24H27N3O4S2. The largest absolute Gasteiger partial charge is 0.339 e. The predicted molar refractivity (Wildman–Crippen MR) is 129 cm³/mol. The number of thiazole rings is 1. The fourth-order valence-electron chi connectivity index (χ4n) is 4.73. The lowest BCUT2D eigenvalue weighted by molar-refractivity contribution is -0.135. The summed E-state index contributed by atoms with van der Waals surface area (Å²) in [5.41, 5.74) is 1.39. The lowest BCUT2D eigenvalue weighted by Crippen LogP contribution is -2.52. The van der Waals surface area contributed by atoms with Crippen molar-refractivity contribution < 1.29 is 13.2 Å². The molecule has 0 radical (unpaired) electrons. The highest BCUT2D eigenvalue weighted by atomic mass is 32.2. The molecule has 2 aliphatic rings.